The first-order valence-corrected chi connectivity index (χ1v) is 10.9. The van der Waals surface area contributed by atoms with E-state index >= 15 is 0 Å². The molecule has 0 amide bonds. The maximum absolute atomic E-state index is 11.6. The summed E-state index contributed by atoms with van der Waals surface area (Å²) in [5, 5.41) is 6.73. The van der Waals surface area contributed by atoms with Gasteiger partial charge in [0, 0.05) is 48.9 Å². The van der Waals surface area contributed by atoms with Crippen molar-refractivity contribution in [1.29, 1.82) is 0 Å². The average molecular weight is 373 g/mol. The number of hydrogen-bond acceptors (Lipinski definition) is 4. The molecule has 0 aliphatic carbocycles. The molecule has 24 heavy (non-hydrogen) atoms. The van der Waals surface area contributed by atoms with E-state index in [1.165, 1.54) is 16.0 Å². The zero-order valence-electron chi connectivity index (χ0n) is 14.9. The molecule has 0 bridgehead atoms. The van der Waals surface area contributed by atoms with Gasteiger partial charge >= 0.3 is 0 Å². The Balaban J connectivity index is 1.76. The van der Waals surface area contributed by atoms with E-state index in [1.807, 2.05) is 11.3 Å². The molecule has 1 aromatic rings. The largest absolute Gasteiger partial charge is 0.356 e. The van der Waals surface area contributed by atoms with Gasteiger partial charge in [0.2, 0.25) is 10.0 Å². The highest BCUT2D eigenvalue weighted by atomic mass is 32.2. The van der Waals surface area contributed by atoms with Crippen molar-refractivity contribution in [3.63, 3.8) is 0 Å². The SMILES string of the molecule is CN=C(NCC1CCN(S(C)(=O)=O)C1)NC(C)Cc1ccc(C)s1. The molecule has 0 radical (unpaired) electrons. The molecular weight excluding hydrogens is 344 g/mol. The van der Waals surface area contributed by atoms with Gasteiger partial charge in [-0.2, -0.15) is 0 Å². The van der Waals surface area contributed by atoms with Crippen LogP contribution in [0.15, 0.2) is 17.1 Å². The van der Waals surface area contributed by atoms with E-state index in [4.69, 9.17) is 0 Å². The van der Waals surface area contributed by atoms with E-state index in [9.17, 15) is 8.42 Å². The molecule has 1 aliphatic heterocycles. The molecule has 2 unspecified atom stereocenters. The van der Waals surface area contributed by atoms with Crippen molar-refractivity contribution in [1.82, 2.24) is 14.9 Å². The van der Waals surface area contributed by atoms with Gasteiger partial charge in [0.25, 0.3) is 0 Å². The molecule has 0 saturated carbocycles. The first-order valence-electron chi connectivity index (χ1n) is 8.25. The van der Waals surface area contributed by atoms with Crippen LogP contribution in [-0.4, -0.2) is 57.7 Å². The quantitative estimate of drug-likeness (QED) is 0.585. The number of guanidine groups is 1. The summed E-state index contributed by atoms with van der Waals surface area (Å²) in [6.07, 6.45) is 3.13. The topological polar surface area (TPSA) is 73.8 Å². The van der Waals surface area contributed by atoms with Crippen molar-refractivity contribution in [2.45, 2.75) is 32.7 Å². The maximum atomic E-state index is 11.6. The Morgan fingerprint density at radius 3 is 2.79 bits per heavy atom. The second-order valence-corrected chi connectivity index (χ2v) is 9.85. The monoisotopic (exact) mass is 372 g/mol. The van der Waals surface area contributed by atoms with Gasteiger partial charge in [0.05, 0.1) is 6.26 Å². The summed E-state index contributed by atoms with van der Waals surface area (Å²) in [4.78, 5) is 6.96. The number of aryl methyl sites for hydroxylation is 1. The van der Waals surface area contributed by atoms with E-state index in [0.29, 0.717) is 19.0 Å². The number of sulfonamides is 1. The third-order valence-corrected chi connectivity index (χ3v) is 6.48. The number of nitrogens with zero attached hydrogens (tertiary/aromatic N) is 2. The highest BCUT2D eigenvalue weighted by molar-refractivity contribution is 7.88. The van der Waals surface area contributed by atoms with Gasteiger partial charge in [-0.15, -0.1) is 11.3 Å². The van der Waals surface area contributed by atoms with Crippen LogP contribution >= 0.6 is 11.3 Å². The van der Waals surface area contributed by atoms with Crippen molar-refractivity contribution >= 4 is 27.3 Å². The summed E-state index contributed by atoms with van der Waals surface area (Å²) in [6, 6.07) is 4.60. The molecule has 1 saturated heterocycles. The summed E-state index contributed by atoms with van der Waals surface area (Å²) in [6.45, 7) is 6.20. The molecule has 1 aromatic heterocycles. The fourth-order valence-corrected chi connectivity index (χ4v) is 4.82. The molecule has 2 atom stereocenters. The molecule has 136 valence electrons. The first-order chi connectivity index (χ1) is 11.3. The van der Waals surface area contributed by atoms with E-state index in [0.717, 1.165) is 25.3 Å². The summed E-state index contributed by atoms with van der Waals surface area (Å²) in [7, 11) is -1.31. The van der Waals surface area contributed by atoms with Crippen LogP contribution in [0.25, 0.3) is 0 Å². The van der Waals surface area contributed by atoms with Crippen molar-refractivity contribution in [2.24, 2.45) is 10.9 Å². The summed E-state index contributed by atoms with van der Waals surface area (Å²) in [5.41, 5.74) is 0. The van der Waals surface area contributed by atoms with Crippen molar-refractivity contribution < 1.29 is 8.42 Å². The van der Waals surface area contributed by atoms with Crippen LogP contribution in [0.5, 0.6) is 0 Å². The molecule has 2 heterocycles. The summed E-state index contributed by atoms with van der Waals surface area (Å²) >= 11 is 1.82. The lowest BCUT2D eigenvalue weighted by Crippen LogP contribution is -2.44. The van der Waals surface area contributed by atoms with Crippen LogP contribution in [0, 0.1) is 12.8 Å². The highest BCUT2D eigenvalue weighted by Gasteiger charge is 2.28. The zero-order valence-corrected chi connectivity index (χ0v) is 16.5. The minimum atomic E-state index is -3.07. The maximum Gasteiger partial charge on any atom is 0.211 e. The van der Waals surface area contributed by atoms with Crippen LogP contribution in [0.2, 0.25) is 0 Å². The molecular formula is C16H28N4O2S2. The van der Waals surface area contributed by atoms with Crippen molar-refractivity contribution in [2.75, 3.05) is 32.9 Å². The second-order valence-electron chi connectivity index (χ2n) is 6.49. The van der Waals surface area contributed by atoms with Gasteiger partial charge < -0.3 is 10.6 Å². The molecule has 1 aliphatic rings. The third-order valence-electron chi connectivity index (χ3n) is 4.19. The summed E-state index contributed by atoms with van der Waals surface area (Å²) in [5.74, 6) is 1.10. The number of hydrogen-bond donors (Lipinski definition) is 2. The Labute approximate surface area is 149 Å². The van der Waals surface area contributed by atoms with Gasteiger partial charge in [-0.05, 0) is 38.3 Å². The Kier molecular flexibility index (Phi) is 6.65. The van der Waals surface area contributed by atoms with Gasteiger partial charge in [0.1, 0.15) is 0 Å². The van der Waals surface area contributed by atoms with Gasteiger partial charge in [-0.3, -0.25) is 4.99 Å². The normalized spacial score (nSPS) is 21.0. The van der Waals surface area contributed by atoms with Crippen LogP contribution in [0.3, 0.4) is 0 Å². The molecule has 2 N–H and O–H groups in total. The second kappa shape index (κ2) is 8.31. The van der Waals surface area contributed by atoms with Crippen LogP contribution in [0.1, 0.15) is 23.1 Å². The Morgan fingerprint density at radius 1 is 1.50 bits per heavy atom. The fraction of sp³-hybridized carbons (Fsp3) is 0.688. The molecule has 0 aromatic carbocycles. The smallest absolute Gasteiger partial charge is 0.211 e. The lowest BCUT2D eigenvalue weighted by atomic mass is 10.1. The van der Waals surface area contributed by atoms with Gasteiger partial charge in [-0.1, -0.05) is 0 Å². The van der Waals surface area contributed by atoms with Crippen LogP contribution in [0.4, 0.5) is 0 Å². The van der Waals surface area contributed by atoms with Crippen LogP contribution < -0.4 is 10.6 Å². The van der Waals surface area contributed by atoms with E-state index < -0.39 is 10.0 Å². The Hall–Kier alpha value is -1.12. The van der Waals surface area contributed by atoms with Crippen LogP contribution in [-0.2, 0) is 16.4 Å². The predicted molar refractivity (Wildman–Crippen MR) is 101 cm³/mol. The average Bonchev–Trinajstić information content (AvgIpc) is 3.12. The molecule has 2 rings (SSSR count). The van der Waals surface area contributed by atoms with Crippen molar-refractivity contribution in [3.05, 3.63) is 21.9 Å². The zero-order chi connectivity index (χ0) is 17.7. The standard InChI is InChI=1S/C16H28N4O2S2/c1-12(9-15-6-5-13(2)23-15)19-16(17-3)18-10-14-7-8-20(11-14)24(4,21)22/h5-6,12,14H,7-11H2,1-4H3,(H2,17,18,19). The lowest BCUT2D eigenvalue weighted by Gasteiger charge is -2.19. The summed E-state index contributed by atoms with van der Waals surface area (Å²) < 4.78 is 24.7. The van der Waals surface area contributed by atoms with E-state index in [2.05, 4.69) is 41.6 Å². The predicted octanol–water partition coefficient (Wildman–Crippen LogP) is 1.43. The third kappa shape index (κ3) is 5.75. The Morgan fingerprint density at radius 2 is 2.25 bits per heavy atom. The number of rotatable bonds is 6. The van der Waals surface area contributed by atoms with E-state index in [-0.39, 0.29) is 6.04 Å². The molecule has 0 spiro atoms. The number of thiophene rings is 1. The van der Waals surface area contributed by atoms with Gasteiger partial charge in [0.15, 0.2) is 5.96 Å². The molecule has 1 fully saturated rings. The first kappa shape index (κ1) is 19.2. The van der Waals surface area contributed by atoms with Crippen molar-refractivity contribution in [3.8, 4) is 0 Å². The molecule has 6 nitrogen and oxygen atoms in total. The minimum Gasteiger partial charge on any atom is -0.356 e. The van der Waals surface area contributed by atoms with Gasteiger partial charge in [-0.25, -0.2) is 12.7 Å². The number of nitrogens with one attached hydrogen (secondary N) is 2. The molecule has 8 heteroatoms. The lowest BCUT2D eigenvalue weighted by molar-refractivity contribution is 0.458. The van der Waals surface area contributed by atoms with E-state index in [1.54, 1.807) is 11.4 Å². The fourth-order valence-electron chi connectivity index (χ4n) is 2.88. The Bertz CT molecular complexity index is 669. The highest BCUT2D eigenvalue weighted by Crippen LogP contribution is 2.18. The number of aliphatic imine (C=N–C) groups is 1. The minimum absolute atomic E-state index is 0.283.